The van der Waals surface area contributed by atoms with Crippen molar-refractivity contribution < 1.29 is 39.9 Å². The van der Waals surface area contributed by atoms with Gasteiger partial charge in [0.25, 0.3) is 5.56 Å². The lowest BCUT2D eigenvalue weighted by atomic mass is 10.0. The van der Waals surface area contributed by atoms with Gasteiger partial charge in [-0.3, -0.25) is 4.79 Å². The fourth-order valence-corrected chi connectivity index (χ4v) is 4.99. The Morgan fingerprint density at radius 1 is 0.951 bits per heavy atom. The monoisotopic (exact) mass is 598 g/mol. The number of hydrogen-bond donors (Lipinski definition) is 0. The van der Waals surface area contributed by atoms with Crippen molar-refractivity contribution in [3.05, 3.63) is 98.2 Å². The van der Waals surface area contributed by atoms with Gasteiger partial charge in [0.2, 0.25) is 0 Å². The fraction of sp³-hybridized carbons (Fsp3) is 0.214. The number of hydrogen-bond acceptors (Lipinski definition) is 4. The van der Waals surface area contributed by atoms with Crippen LogP contribution in [0.3, 0.4) is 0 Å². The highest BCUT2D eigenvalue weighted by Gasteiger charge is 2.37. The molecular formula is C28H18F8N2O2S. The maximum absolute atomic E-state index is 14.4. The van der Waals surface area contributed by atoms with Crippen molar-refractivity contribution in [2.24, 2.45) is 0 Å². The molecule has 4 rings (SSSR count). The highest BCUT2D eigenvalue weighted by atomic mass is 32.1. The molecule has 0 aliphatic rings. The minimum absolute atomic E-state index is 0.0124. The van der Waals surface area contributed by atoms with Crippen molar-refractivity contribution in [2.75, 3.05) is 0 Å². The number of aromatic nitrogens is 1. The van der Waals surface area contributed by atoms with Gasteiger partial charge >= 0.3 is 12.4 Å². The van der Waals surface area contributed by atoms with E-state index in [1.54, 1.807) is 13.8 Å². The third kappa shape index (κ3) is 6.43. The Morgan fingerprint density at radius 3 is 2.24 bits per heavy atom. The van der Waals surface area contributed by atoms with E-state index < -0.39 is 58.9 Å². The molecule has 0 aliphatic carbocycles. The Morgan fingerprint density at radius 2 is 1.66 bits per heavy atom. The van der Waals surface area contributed by atoms with E-state index >= 15 is 0 Å². The van der Waals surface area contributed by atoms with Gasteiger partial charge in [0.05, 0.1) is 34.3 Å². The molecule has 0 atom stereocenters. The normalized spacial score (nSPS) is 12.0. The van der Waals surface area contributed by atoms with E-state index in [-0.39, 0.29) is 33.0 Å². The molecular weight excluding hydrogens is 580 g/mol. The number of ether oxygens (including phenoxy) is 1. The zero-order valence-corrected chi connectivity index (χ0v) is 21.9. The summed E-state index contributed by atoms with van der Waals surface area (Å²) in [6.45, 7) is 2.58. The van der Waals surface area contributed by atoms with Crippen LogP contribution < -0.4 is 10.3 Å². The molecule has 0 amide bonds. The smallest absolute Gasteiger partial charge is 0.417 e. The number of nitrogens with zero attached hydrogens (tertiary/aromatic N) is 2. The van der Waals surface area contributed by atoms with Gasteiger partial charge in [-0.2, -0.15) is 31.6 Å². The Balaban J connectivity index is 1.93. The minimum atomic E-state index is -5.11. The fourth-order valence-electron chi connectivity index (χ4n) is 4.05. The number of pyridine rings is 1. The highest BCUT2D eigenvalue weighted by molar-refractivity contribution is 7.14. The standard InChI is InChI=1S/C28H18F8N2O2S/c1-14(2)40-20-6-16(5-18(8-20)27(31,32)33)17-7-25(41-13-17)24-10-22(28(34,35)36)21(11-37)26(39)38(24)12-15-3-4-19(29)9-23(15)30/h3-10,13-14H,12H2,1-2H3. The van der Waals surface area contributed by atoms with Crippen LogP contribution in [0.25, 0.3) is 21.7 Å². The molecule has 2 aromatic carbocycles. The molecule has 0 aliphatic heterocycles. The summed E-state index contributed by atoms with van der Waals surface area (Å²) in [6, 6.07) is 8.51. The number of halogens is 8. The van der Waals surface area contributed by atoms with E-state index in [1.165, 1.54) is 23.6 Å². The van der Waals surface area contributed by atoms with Gasteiger partial charge in [0.15, 0.2) is 0 Å². The largest absolute Gasteiger partial charge is 0.491 e. The summed E-state index contributed by atoms with van der Waals surface area (Å²) < 4.78 is 116. The zero-order valence-electron chi connectivity index (χ0n) is 21.1. The molecule has 4 aromatic rings. The Hall–Kier alpha value is -4.18. The van der Waals surface area contributed by atoms with Gasteiger partial charge in [0.1, 0.15) is 29.0 Å². The maximum atomic E-state index is 14.4. The zero-order chi connectivity index (χ0) is 30.3. The number of nitriles is 1. The lowest BCUT2D eigenvalue weighted by molar-refractivity contribution is -0.138. The number of thiophene rings is 1. The lowest BCUT2D eigenvalue weighted by Crippen LogP contribution is -2.28. The van der Waals surface area contributed by atoms with E-state index in [4.69, 9.17) is 4.74 Å². The van der Waals surface area contributed by atoms with Gasteiger partial charge in [-0.1, -0.05) is 6.07 Å². The molecule has 214 valence electrons. The Kier molecular flexibility index (Phi) is 8.00. The van der Waals surface area contributed by atoms with Gasteiger partial charge in [-0.05, 0) is 66.8 Å². The van der Waals surface area contributed by atoms with Crippen LogP contribution in [0.4, 0.5) is 35.1 Å². The summed E-state index contributed by atoms with van der Waals surface area (Å²) in [5.74, 6) is -2.08. The topological polar surface area (TPSA) is 55.0 Å². The van der Waals surface area contributed by atoms with E-state index in [0.29, 0.717) is 12.1 Å². The van der Waals surface area contributed by atoms with E-state index in [9.17, 15) is 45.2 Å². The number of benzene rings is 2. The summed E-state index contributed by atoms with van der Waals surface area (Å²) in [7, 11) is 0. The first kappa shape index (κ1) is 29.8. The Labute approximate surface area is 231 Å². The van der Waals surface area contributed by atoms with Crippen LogP contribution in [0.1, 0.15) is 36.1 Å². The SMILES string of the molecule is CC(C)Oc1cc(-c2csc(-c3cc(C(F)(F)F)c(C#N)c(=O)n3Cc3ccc(F)cc3F)c2)cc(C(F)(F)F)c1. The molecule has 0 spiro atoms. The highest BCUT2D eigenvalue weighted by Crippen LogP contribution is 2.40. The van der Waals surface area contributed by atoms with Crippen LogP contribution in [-0.2, 0) is 18.9 Å². The predicted molar refractivity (Wildman–Crippen MR) is 135 cm³/mol. The first-order valence-corrected chi connectivity index (χ1v) is 12.6. The van der Waals surface area contributed by atoms with Gasteiger partial charge < -0.3 is 9.30 Å². The molecule has 0 fully saturated rings. The Bertz CT molecular complexity index is 1710. The van der Waals surface area contributed by atoms with Crippen molar-refractivity contribution >= 4 is 11.3 Å². The molecule has 2 heterocycles. The maximum Gasteiger partial charge on any atom is 0.417 e. The van der Waals surface area contributed by atoms with Crippen LogP contribution in [-0.4, -0.2) is 10.7 Å². The molecule has 2 aromatic heterocycles. The van der Waals surface area contributed by atoms with Crippen molar-refractivity contribution in [3.8, 4) is 33.5 Å². The summed E-state index contributed by atoms with van der Waals surface area (Å²) in [6.07, 6.45) is -10.3. The van der Waals surface area contributed by atoms with Crippen molar-refractivity contribution in [1.29, 1.82) is 5.26 Å². The van der Waals surface area contributed by atoms with Crippen molar-refractivity contribution in [2.45, 2.75) is 38.8 Å². The van der Waals surface area contributed by atoms with Gasteiger partial charge in [-0.25, -0.2) is 8.78 Å². The van der Waals surface area contributed by atoms with Crippen LogP contribution >= 0.6 is 11.3 Å². The predicted octanol–water partition coefficient (Wildman–Crippen LogP) is 8.27. The lowest BCUT2D eigenvalue weighted by Gasteiger charge is -2.17. The molecule has 4 nitrogen and oxygen atoms in total. The second-order valence-electron chi connectivity index (χ2n) is 9.16. The number of alkyl halides is 6. The summed E-state index contributed by atoms with van der Waals surface area (Å²) >= 11 is 0.818. The minimum Gasteiger partial charge on any atom is -0.491 e. The molecule has 0 saturated carbocycles. The van der Waals surface area contributed by atoms with Crippen molar-refractivity contribution in [1.82, 2.24) is 4.57 Å². The summed E-state index contributed by atoms with van der Waals surface area (Å²) in [5.41, 5.74) is -5.54. The molecule has 13 heteroatoms. The summed E-state index contributed by atoms with van der Waals surface area (Å²) in [5, 5.41) is 10.7. The first-order chi connectivity index (χ1) is 19.1. The molecule has 0 N–H and O–H groups in total. The average Bonchev–Trinajstić information content (AvgIpc) is 3.35. The number of rotatable bonds is 6. The van der Waals surface area contributed by atoms with Crippen LogP contribution in [0.2, 0.25) is 0 Å². The van der Waals surface area contributed by atoms with Crippen LogP contribution in [0.15, 0.2) is 58.7 Å². The third-order valence-electron chi connectivity index (χ3n) is 5.85. The molecule has 41 heavy (non-hydrogen) atoms. The van der Waals surface area contributed by atoms with E-state index in [2.05, 4.69) is 0 Å². The molecule has 0 bridgehead atoms. The molecule has 0 unspecified atom stereocenters. The van der Waals surface area contributed by atoms with Gasteiger partial charge in [-0.15, -0.1) is 11.3 Å². The van der Waals surface area contributed by atoms with Crippen LogP contribution in [0.5, 0.6) is 5.75 Å². The molecule has 0 saturated heterocycles. The van der Waals surface area contributed by atoms with Crippen LogP contribution in [0, 0.1) is 23.0 Å². The van der Waals surface area contributed by atoms with E-state index in [1.807, 2.05) is 0 Å². The van der Waals surface area contributed by atoms with Crippen molar-refractivity contribution in [3.63, 3.8) is 0 Å². The first-order valence-electron chi connectivity index (χ1n) is 11.8. The second-order valence-corrected chi connectivity index (χ2v) is 10.1. The van der Waals surface area contributed by atoms with E-state index in [0.717, 1.165) is 40.2 Å². The van der Waals surface area contributed by atoms with Gasteiger partial charge in [0, 0.05) is 11.6 Å². The second kappa shape index (κ2) is 11.0. The third-order valence-corrected chi connectivity index (χ3v) is 6.80. The average molecular weight is 599 g/mol. The summed E-state index contributed by atoms with van der Waals surface area (Å²) in [4.78, 5) is 13.1. The quantitative estimate of drug-likeness (QED) is 0.210. The molecule has 0 radical (unpaired) electrons.